The van der Waals surface area contributed by atoms with Crippen molar-refractivity contribution in [1.82, 2.24) is 19.9 Å². The molecular formula is C21H21N5O2S. The van der Waals surface area contributed by atoms with Crippen LogP contribution >= 0.6 is 11.3 Å². The van der Waals surface area contributed by atoms with Gasteiger partial charge in [-0.2, -0.15) is 0 Å². The number of nitrogens with zero attached hydrogens (tertiary/aromatic N) is 5. The number of fused-ring (bicyclic) bond motifs is 1. The van der Waals surface area contributed by atoms with E-state index >= 15 is 0 Å². The van der Waals surface area contributed by atoms with Crippen LogP contribution in [0, 0.1) is 0 Å². The molecule has 8 heteroatoms. The fourth-order valence-corrected chi connectivity index (χ4v) is 4.35. The lowest BCUT2D eigenvalue weighted by atomic mass is 10.2. The molecule has 0 spiro atoms. The third kappa shape index (κ3) is 3.68. The molecule has 1 saturated heterocycles. The minimum absolute atomic E-state index is 0.641. The Morgan fingerprint density at radius 3 is 2.69 bits per heavy atom. The normalized spacial score (nSPS) is 15.1. The van der Waals surface area contributed by atoms with Crippen LogP contribution in [0.2, 0.25) is 0 Å². The van der Waals surface area contributed by atoms with Gasteiger partial charge in [0.25, 0.3) is 0 Å². The molecule has 0 N–H and O–H groups in total. The Labute approximate surface area is 172 Å². The molecule has 0 aliphatic carbocycles. The maximum absolute atomic E-state index is 5.69. The molecule has 0 bridgehead atoms. The van der Waals surface area contributed by atoms with Gasteiger partial charge in [-0.05, 0) is 35.7 Å². The summed E-state index contributed by atoms with van der Waals surface area (Å²) in [6, 6.07) is 9.85. The first-order valence-electron chi connectivity index (χ1n) is 9.54. The molecule has 0 amide bonds. The molecule has 5 rings (SSSR count). The lowest BCUT2D eigenvalue weighted by Gasteiger charge is -2.35. The average Bonchev–Trinajstić information content (AvgIpc) is 3.44. The van der Waals surface area contributed by atoms with E-state index in [9.17, 15) is 0 Å². The predicted molar refractivity (Wildman–Crippen MR) is 113 cm³/mol. The van der Waals surface area contributed by atoms with Crippen LogP contribution in [-0.4, -0.2) is 53.1 Å². The van der Waals surface area contributed by atoms with Crippen LogP contribution in [0.15, 0.2) is 52.7 Å². The van der Waals surface area contributed by atoms with E-state index in [1.807, 2.05) is 24.3 Å². The number of thiophene rings is 1. The standard InChI is InChI=1S/C21H21N5O2S/c1-27-17-4-2-15(3-5-17)20-24-16(13-28-20)12-25-7-9-26(10-8-25)19-18-6-11-29-21(18)23-14-22-19/h2-6,11,13-14H,7-10,12H2,1H3. The molecule has 1 aromatic carbocycles. The molecule has 4 aromatic rings. The zero-order chi connectivity index (χ0) is 19.6. The zero-order valence-corrected chi connectivity index (χ0v) is 16.9. The van der Waals surface area contributed by atoms with E-state index in [-0.39, 0.29) is 0 Å². The summed E-state index contributed by atoms with van der Waals surface area (Å²) in [7, 11) is 1.66. The summed E-state index contributed by atoms with van der Waals surface area (Å²) in [5.41, 5.74) is 1.90. The highest BCUT2D eigenvalue weighted by Gasteiger charge is 2.21. The zero-order valence-electron chi connectivity index (χ0n) is 16.1. The van der Waals surface area contributed by atoms with Gasteiger partial charge < -0.3 is 14.1 Å². The monoisotopic (exact) mass is 407 g/mol. The van der Waals surface area contributed by atoms with E-state index in [1.54, 1.807) is 31.0 Å². The molecule has 7 nitrogen and oxygen atoms in total. The topological polar surface area (TPSA) is 67.5 Å². The number of methoxy groups -OCH3 is 1. The van der Waals surface area contributed by atoms with Crippen molar-refractivity contribution in [2.24, 2.45) is 0 Å². The summed E-state index contributed by atoms with van der Waals surface area (Å²) < 4.78 is 10.9. The number of rotatable bonds is 5. The van der Waals surface area contributed by atoms with Crippen LogP contribution in [0.5, 0.6) is 5.75 Å². The quantitative estimate of drug-likeness (QED) is 0.500. The van der Waals surface area contributed by atoms with Gasteiger partial charge in [0.15, 0.2) is 0 Å². The summed E-state index contributed by atoms with van der Waals surface area (Å²) in [5, 5.41) is 3.22. The summed E-state index contributed by atoms with van der Waals surface area (Å²) in [4.78, 5) is 19.3. The van der Waals surface area contributed by atoms with Crippen molar-refractivity contribution in [3.8, 4) is 17.2 Å². The summed E-state index contributed by atoms with van der Waals surface area (Å²) in [6.45, 7) is 4.57. The van der Waals surface area contributed by atoms with Crippen molar-refractivity contribution in [2.75, 3.05) is 38.2 Å². The summed E-state index contributed by atoms with van der Waals surface area (Å²) >= 11 is 1.66. The molecule has 0 radical (unpaired) electrons. The van der Waals surface area contributed by atoms with Crippen LogP contribution < -0.4 is 9.64 Å². The first-order valence-corrected chi connectivity index (χ1v) is 10.4. The molecule has 0 atom stereocenters. The Balaban J connectivity index is 1.22. The van der Waals surface area contributed by atoms with Gasteiger partial charge in [-0.1, -0.05) is 0 Å². The maximum Gasteiger partial charge on any atom is 0.226 e. The molecule has 4 heterocycles. The van der Waals surface area contributed by atoms with Gasteiger partial charge in [-0.3, -0.25) is 4.90 Å². The number of hydrogen-bond donors (Lipinski definition) is 0. The number of ether oxygens (including phenoxy) is 1. The molecule has 0 unspecified atom stereocenters. The Morgan fingerprint density at radius 2 is 1.90 bits per heavy atom. The number of benzene rings is 1. The van der Waals surface area contributed by atoms with Crippen molar-refractivity contribution in [2.45, 2.75) is 6.54 Å². The minimum Gasteiger partial charge on any atom is -0.497 e. The number of aromatic nitrogens is 3. The molecular weight excluding hydrogens is 386 g/mol. The first kappa shape index (κ1) is 18.1. The highest BCUT2D eigenvalue weighted by molar-refractivity contribution is 7.16. The van der Waals surface area contributed by atoms with Gasteiger partial charge in [-0.25, -0.2) is 15.0 Å². The van der Waals surface area contributed by atoms with Crippen molar-refractivity contribution in [3.05, 3.63) is 54.0 Å². The third-order valence-corrected chi connectivity index (χ3v) is 6.01. The SMILES string of the molecule is COc1ccc(-c2nc(CN3CCN(c4ncnc5sccc45)CC3)co2)cc1. The van der Waals surface area contributed by atoms with E-state index in [0.29, 0.717) is 5.89 Å². The maximum atomic E-state index is 5.69. The third-order valence-electron chi connectivity index (χ3n) is 5.19. The van der Waals surface area contributed by atoms with Crippen LogP contribution in [0.4, 0.5) is 5.82 Å². The fourth-order valence-electron chi connectivity index (χ4n) is 3.62. The molecule has 1 aliphatic heterocycles. The van der Waals surface area contributed by atoms with Crippen molar-refractivity contribution in [1.29, 1.82) is 0 Å². The highest BCUT2D eigenvalue weighted by Crippen LogP contribution is 2.28. The lowest BCUT2D eigenvalue weighted by Crippen LogP contribution is -2.46. The van der Waals surface area contributed by atoms with Gasteiger partial charge >= 0.3 is 0 Å². The van der Waals surface area contributed by atoms with Gasteiger partial charge in [0.2, 0.25) is 5.89 Å². The fraction of sp³-hybridized carbons (Fsp3) is 0.286. The second-order valence-corrected chi connectivity index (χ2v) is 7.87. The molecule has 3 aromatic heterocycles. The van der Waals surface area contributed by atoms with Crippen LogP contribution in [-0.2, 0) is 6.54 Å². The molecule has 148 valence electrons. The van der Waals surface area contributed by atoms with Gasteiger partial charge in [-0.15, -0.1) is 11.3 Å². The Hall–Kier alpha value is -2.97. The van der Waals surface area contributed by atoms with E-state index < -0.39 is 0 Å². The van der Waals surface area contributed by atoms with Crippen molar-refractivity contribution >= 4 is 27.4 Å². The van der Waals surface area contributed by atoms with Crippen LogP contribution in [0.3, 0.4) is 0 Å². The molecule has 0 saturated carbocycles. The van der Waals surface area contributed by atoms with Gasteiger partial charge in [0.05, 0.1) is 18.2 Å². The van der Waals surface area contributed by atoms with Crippen molar-refractivity contribution < 1.29 is 9.15 Å². The largest absolute Gasteiger partial charge is 0.497 e. The van der Waals surface area contributed by atoms with E-state index in [1.165, 1.54) is 0 Å². The van der Waals surface area contributed by atoms with Gasteiger partial charge in [0, 0.05) is 38.3 Å². The highest BCUT2D eigenvalue weighted by atomic mass is 32.1. The Morgan fingerprint density at radius 1 is 1.07 bits per heavy atom. The molecule has 29 heavy (non-hydrogen) atoms. The number of piperazine rings is 1. The second kappa shape index (κ2) is 7.81. The Kier molecular flexibility index (Phi) is 4.87. The van der Waals surface area contributed by atoms with Crippen LogP contribution in [0.1, 0.15) is 5.69 Å². The number of oxazole rings is 1. The smallest absolute Gasteiger partial charge is 0.226 e. The molecule has 1 fully saturated rings. The number of anilines is 1. The summed E-state index contributed by atoms with van der Waals surface area (Å²) in [5.74, 6) is 2.50. The molecule has 1 aliphatic rings. The van der Waals surface area contributed by atoms with E-state index in [2.05, 4.69) is 36.2 Å². The number of hydrogen-bond acceptors (Lipinski definition) is 8. The van der Waals surface area contributed by atoms with E-state index in [4.69, 9.17) is 9.15 Å². The summed E-state index contributed by atoms with van der Waals surface area (Å²) in [6.07, 6.45) is 3.42. The van der Waals surface area contributed by atoms with Crippen molar-refractivity contribution in [3.63, 3.8) is 0 Å². The lowest BCUT2D eigenvalue weighted by molar-refractivity contribution is 0.246. The first-order chi connectivity index (χ1) is 14.3. The Bertz CT molecular complexity index is 1100. The van der Waals surface area contributed by atoms with E-state index in [0.717, 1.165) is 65.8 Å². The second-order valence-electron chi connectivity index (χ2n) is 6.97. The average molecular weight is 407 g/mol. The predicted octanol–water partition coefficient (Wildman–Crippen LogP) is 3.68. The van der Waals surface area contributed by atoms with Gasteiger partial charge in [0.1, 0.15) is 29.0 Å². The minimum atomic E-state index is 0.641. The van der Waals surface area contributed by atoms with Crippen LogP contribution in [0.25, 0.3) is 21.7 Å².